The highest BCUT2D eigenvalue weighted by Gasteiger charge is 2.16. The van der Waals surface area contributed by atoms with E-state index in [2.05, 4.69) is 4.98 Å². The van der Waals surface area contributed by atoms with Crippen LogP contribution in [0.25, 0.3) is 0 Å². The van der Waals surface area contributed by atoms with Gasteiger partial charge in [-0.15, -0.1) is 0 Å². The Morgan fingerprint density at radius 2 is 2.15 bits per heavy atom. The number of hydrogen-bond donors (Lipinski definition) is 0. The molecule has 0 aliphatic heterocycles. The number of alkyl halides is 2. The Labute approximate surface area is 88.5 Å². The van der Waals surface area contributed by atoms with Crippen LogP contribution in [0.3, 0.4) is 0 Å². The van der Waals surface area contributed by atoms with E-state index in [9.17, 15) is 8.78 Å². The van der Waals surface area contributed by atoms with Crippen molar-refractivity contribution in [1.29, 1.82) is 0 Å². The largest absolute Gasteiger partial charge is 0.481 e. The Bertz CT molecular complexity index is 317. The fourth-order valence-electron chi connectivity index (χ4n) is 0.900. The van der Waals surface area contributed by atoms with Crippen LogP contribution < -0.4 is 4.74 Å². The Hall–Kier alpha value is -0.460. The van der Waals surface area contributed by atoms with E-state index < -0.39 is 6.43 Å². The minimum Gasteiger partial charge on any atom is -0.481 e. The second-order valence-electron chi connectivity index (χ2n) is 2.48. The lowest BCUT2D eigenvalue weighted by atomic mass is 10.2. The van der Waals surface area contributed by atoms with E-state index in [4.69, 9.17) is 4.74 Å². The van der Waals surface area contributed by atoms with Gasteiger partial charge in [0.1, 0.15) is 5.69 Å². The summed E-state index contributed by atoms with van der Waals surface area (Å²) >= 11 is 1.86. The summed E-state index contributed by atoms with van der Waals surface area (Å²) in [6.45, 7) is 1.75. The number of rotatable bonds is 2. The molecule has 72 valence electrons. The summed E-state index contributed by atoms with van der Waals surface area (Å²) in [4.78, 5) is 3.67. The van der Waals surface area contributed by atoms with Crippen molar-refractivity contribution in [3.63, 3.8) is 0 Å². The number of aryl methyl sites for hydroxylation is 1. The summed E-state index contributed by atoms with van der Waals surface area (Å²) in [5.41, 5.74) is 0.542. The summed E-state index contributed by atoms with van der Waals surface area (Å²) < 4.78 is 30.1. The van der Waals surface area contributed by atoms with E-state index in [0.717, 1.165) is 5.56 Å². The third-order valence-corrected chi connectivity index (χ3v) is 2.96. The SMILES string of the molecule is COc1cc(C)c(I)c(C(F)F)n1. The van der Waals surface area contributed by atoms with Crippen molar-refractivity contribution in [2.45, 2.75) is 13.3 Å². The minimum absolute atomic E-state index is 0.211. The number of hydrogen-bond acceptors (Lipinski definition) is 2. The maximum absolute atomic E-state index is 12.4. The normalized spacial score (nSPS) is 10.6. The maximum atomic E-state index is 12.4. The third kappa shape index (κ3) is 2.26. The summed E-state index contributed by atoms with van der Waals surface area (Å²) in [5.74, 6) is 0.230. The molecule has 0 N–H and O–H groups in total. The highest BCUT2D eigenvalue weighted by molar-refractivity contribution is 14.1. The van der Waals surface area contributed by atoms with Crippen LogP contribution in [-0.4, -0.2) is 12.1 Å². The molecule has 1 aromatic heterocycles. The first-order valence-electron chi connectivity index (χ1n) is 3.55. The number of aromatic nitrogens is 1. The molecule has 0 aliphatic carbocycles. The molecule has 0 unspecified atom stereocenters. The predicted octanol–water partition coefficient (Wildman–Crippen LogP) is 2.94. The predicted molar refractivity (Wildman–Crippen MR) is 53.2 cm³/mol. The first kappa shape index (κ1) is 10.6. The Kier molecular flexibility index (Phi) is 3.40. The van der Waals surface area contributed by atoms with Crippen LogP contribution in [0.4, 0.5) is 8.78 Å². The van der Waals surface area contributed by atoms with Gasteiger partial charge >= 0.3 is 0 Å². The highest BCUT2D eigenvalue weighted by Crippen LogP contribution is 2.27. The lowest BCUT2D eigenvalue weighted by Crippen LogP contribution is -1.99. The molecule has 0 amide bonds. The quantitative estimate of drug-likeness (QED) is 0.783. The monoisotopic (exact) mass is 299 g/mol. The van der Waals surface area contributed by atoms with E-state index in [0.29, 0.717) is 3.57 Å². The zero-order chi connectivity index (χ0) is 10.0. The van der Waals surface area contributed by atoms with Crippen molar-refractivity contribution in [2.24, 2.45) is 0 Å². The third-order valence-electron chi connectivity index (χ3n) is 1.56. The molecule has 0 aromatic carbocycles. The molecule has 5 heteroatoms. The van der Waals surface area contributed by atoms with Gasteiger partial charge < -0.3 is 4.74 Å². The van der Waals surface area contributed by atoms with Gasteiger partial charge in [0.05, 0.1) is 7.11 Å². The minimum atomic E-state index is -2.55. The molecule has 0 saturated carbocycles. The van der Waals surface area contributed by atoms with Gasteiger partial charge in [-0.1, -0.05) is 0 Å². The molecule has 1 heterocycles. The summed E-state index contributed by atoms with van der Waals surface area (Å²) in [5, 5.41) is 0. The molecule has 0 bridgehead atoms. The van der Waals surface area contributed by atoms with Gasteiger partial charge in [0, 0.05) is 9.64 Å². The fraction of sp³-hybridized carbons (Fsp3) is 0.375. The van der Waals surface area contributed by atoms with Gasteiger partial charge in [0.15, 0.2) is 0 Å². The number of pyridine rings is 1. The molecule has 0 saturated heterocycles. The first-order valence-corrected chi connectivity index (χ1v) is 4.63. The molecule has 13 heavy (non-hydrogen) atoms. The Morgan fingerprint density at radius 1 is 1.54 bits per heavy atom. The number of methoxy groups -OCH3 is 1. The lowest BCUT2D eigenvalue weighted by molar-refractivity contribution is 0.144. The topological polar surface area (TPSA) is 22.1 Å². The van der Waals surface area contributed by atoms with Gasteiger partial charge in [0.2, 0.25) is 5.88 Å². The van der Waals surface area contributed by atoms with Crippen molar-refractivity contribution in [2.75, 3.05) is 7.11 Å². The molecule has 1 aromatic rings. The van der Waals surface area contributed by atoms with Gasteiger partial charge in [-0.05, 0) is 35.1 Å². The van der Waals surface area contributed by atoms with Crippen molar-refractivity contribution < 1.29 is 13.5 Å². The molecular weight excluding hydrogens is 291 g/mol. The van der Waals surface area contributed by atoms with Crippen LogP contribution in [0.5, 0.6) is 5.88 Å². The maximum Gasteiger partial charge on any atom is 0.281 e. The molecular formula is C8H8F2INO. The van der Waals surface area contributed by atoms with Crippen LogP contribution in [0.2, 0.25) is 0 Å². The molecule has 0 atom stereocenters. The van der Waals surface area contributed by atoms with Crippen molar-refractivity contribution in [1.82, 2.24) is 4.98 Å². The summed E-state index contributed by atoms with van der Waals surface area (Å²) in [6.07, 6.45) is -2.55. The smallest absolute Gasteiger partial charge is 0.281 e. The molecule has 1 rings (SSSR count). The Balaban J connectivity index is 3.25. The van der Waals surface area contributed by atoms with Gasteiger partial charge in [0.25, 0.3) is 6.43 Å². The van der Waals surface area contributed by atoms with Crippen molar-refractivity contribution in [3.8, 4) is 5.88 Å². The lowest BCUT2D eigenvalue weighted by Gasteiger charge is -2.07. The van der Waals surface area contributed by atoms with Gasteiger partial charge in [-0.25, -0.2) is 13.8 Å². The molecule has 2 nitrogen and oxygen atoms in total. The van der Waals surface area contributed by atoms with E-state index in [1.807, 2.05) is 22.6 Å². The number of halogens is 3. The number of nitrogens with zero attached hydrogens (tertiary/aromatic N) is 1. The zero-order valence-electron chi connectivity index (χ0n) is 7.14. The van der Waals surface area contributed by atoms with E-state index in [1.54, 1.807) is 13.0 Å². The average Bonchev–Trinajstić information content (AvgIpc) is 2.09. The highest BCUT2D eigenvalue weighted by atomic mass is 127. The Morgan fingerprint density at radius 3 is 2.62 bits per heavy atom. The fourth-order valence-corrected chi connectivity index (χ4v) is 1.41. The first-order chi connectivity index (χ1) is 6.06. The van der Waals surface area contributed by atoms with Crippen LogP contribution in [0.1, 0.15) is 17.7 Å². The molecule has 0 radical (unpaired) electrons. The van der Waals surface area contributed by atoms with Crippen LogP contribution in [-0.2, 0) is 0 Å². The zero-order valence-corrected chi connectivity index (χ0v) is 9.30. The molecule has 0 spiro atoms. The summed E-state index contributed by atoms with van der Waals surface area (Å²) in [6, 6.07) is 1.63. The van der Waals surface area contributed by atoms with Gasteiger partial charge in [-0.3, -0.25) is 0 Å². The van der Waals surface area contributed by atoms with Crippen molar-refractivity contribution >= 4 is 22.6 Å². The van der Waals surface area contributed by atoms with E-state index in [1.165, 1.54) is 7.11 Å². The van der Waals surface area contributed by atoms with Crippen molar-refractivity contribution in [3.05, 3.63) is 20.9 Å². The summed E-state index contributed by atoms with van der Waals surface area (Å²) in [7, 11) is 1.41. The van der Waals surface area contributed by atoms with E-state index in [-0.39, 0.29) is 11.6 Å². The number of ether oxygens (including phenoxy) is 1. The van der Waals surface area contributed by atoms with Crippen LogP contribution in [0.15, 0.2) is 6.07 Å². The second kappa shape index (κ2) is 4.17. The molecule has 0 fully saturated rings. The van der Waals surface area contributed by atoms with Gasteiger partial charge in [-0.2, -0.15) is 0 Å². The average molecular weight is 299 g/mol. The van der Waals surface area contributed by atoms with Crippen LogP contribution in [0, 0.1) is 10.5 Å². The van der Waals surface area contributed by atoms with Crippen LogP contribution >= 0.6 is 22.6 Å². The standard InChI is InChI=1S/C8H8F2INO/c1-4-3-5(13-2)12-7(6(4)11)8(9)10/h3,8H,1-2H3. The molecule has 0 aliphatic rings. The van der Waals surface area contributed by atoms with E-state index >= 15 is 0 Å². The second-order valence-corrected chi connectivity index (χ2v) is 3.56.